The molecule has 1 heterocycles. The summed E-state index contributed by atoms with van der Waals surface area (Å²) in [6.45, 7) is 8.77. The summed E-state index contributed by atoms with van der Waals surface area (Å²) in [6, 6.07) is 0. The summed E-state index contributed by atoms with van der Waals surface area (Å²) in [4.78, 5) is 13.1. The summed E-state index contributed by atoms with van der Waals surface area (Å²) in [7, 11) is 0. The number of carbonyl (C=O) groups excluding carboxylic acids is 1. The van der Waals surface area contributed by atoms with Crippen molar-refractivity contribution in [1.29, 1.82) is 0 Å². The van der Waals surface area contributed by atoms with E-state index >= 15 is 0 Å². The fourth-order valence-corrected chi connectivity index (χ4v) is 1.85. The summed E-state index contributed by atoms with van der Waals surface area (Å²) < 4.78 is 0. The molecule has 80 valence electrons. The number of nitrogens with zero attached hydrogens (tertiary/aromatic N) is 1. The van der Waals surface area contributed by atoms with E-state index in [0.29, 0.717) is 0 Å². The molecule has 0 saturated heterocycles. The molecule has 2 nitrogen and oxygen atoms in total. The van der Waals surface area contributed by atoms with Crippen molar-refractivity contribution in [3.63, 3.8) is 0 Å². The van der Waals surface area contributed by atoms with Crippen LogP contribution >= 0.6 is 0 Å². The lowest BCUT2D eigenvalue weighted by molar-refractivity contribution is -0.105. The highest BCUT2D eigenvalue weighted by atomic mass is 16.1. The predicted octanol–water partition coefficient (Wildman–Crippen LogP) is 2.60. The van der Waals surface area contributed by atoms with E-state index in [9.17, 15) is 4.79 Å². The Bertz CT molecular complexity index is 230. The molecule has 2 heteroatoms. The zero-order chi connectivity index (χ0) is 10.6. The average Bonchev–Trinajstić information content (AvgIpc) is 2.16. The molecule has 1 aliphatic heterocycles. The number of hydrogen-bond donors (Lipinski definition) is 0. The van der Waals surface area contributed by atoms with Crippen molar-refractivity contribution in [2.24, 2.45) is 5.92 Å². The summed E-state index contributed by atoms with van der Waals surface area (Å²) in [5, 5.41) is 0. The summed E-state index contributed by atoms with van der Waals surface area (Å²) >= 11 is 0. The highest BCUT2D eigenvalue weighted by Crippen LogP contribution is 2.21. The van der Waals surface area contributed by atoms with Gasteiger partial charge in [-0.3, -0.25) is 4.79 Å². The molecule has 0 aromatic carbocycles. The molecule has 0 aromatic rings. The van der Waals surface area contributed by atoms with Gasteiger partial charge in [0.2, 0.25) is 0 Å². The van der Waals surface area contributed by atoms with Crippen LogP contribution in [0.25, 0.3) is 0 Å². The largest absolute Gasteiger partial charge is 0.375 e. The Kier molecular flexibility index (Phi) is 4.18. The maximum atomic E-state index is 10.8. The van der Waals surface area contributed by atoms with Gasteiger partial charge in [-0.25, -0.2) is 0 Å². The summed E-state index contributed by atoms with van der Waals surface area (Å²) in [5.74, 6) is 0.740. The minimum absolute atomic E-state index is 0.740. The first-order valence-corrected chi connectivity index (χ1v) is 5.55. The Morgan fingerprint density at radius 1 is 1.50 bits per heavy atom. The molecule has 1 rings (SSSR count). The van der Waals surface area contributed by atoms with Crippen molar-refractivity contribution in [2.75, 3.05) is 13.1 Å². The van der Waals surface area contributed by atoms with Crippen molar-refractivity contribution in [2.45, 2.75) is 40.0 Å². The first-order chi connectivity index (χ1) is 6.65. The second kappa shape index (κ2) is 5.18. The second-order valence-corrected chi connectivity index (χ2v) is 4.50. The molecule has 0 bridgehead atoms. The van der Waals surface area contributed by atoms with Crippen molar-refractivity contribution in [1.82, 2.24) is 4.90 Å². The molecule has 1 aliphatic rings. The Morgan fingerprint density at radius 2 is 2.21 bits per heavy atom. The molecule has 0 N–H and O–H groups in total. The van der Waals surface area contributed by atoms with Crippen LogP contribution < -0.4 is 0 Å². The quantitative estimate of drug-likeness (QED) is 0.643. The molecule has 0 fully saturated rings. The topological polar surface area (TPSA) is 20.3 Å². The highest BCUT2D eigenvalue weighted by molar-refractivity contribution is 5.74. The zero-order valence-corrected chi connectivity index (χ0v) is 9.55. The lowest BCUT2D eigenvalue weighted by atomic mass is 10.0. The van der Waals surface area contributed by atoms with Crippen LogP contribution in [0, 0.1) is 5.92 Å². The van der Waals surface area contributed by atoms with Gasteiger partial charge in [-0.1, -0.05) is 13.8 Å². The van der Waals surface area contributed by atoms with E-state index in [1.54, 1.807) is 0 Å². The Hall–Kier alpha value is -0.790. The van der Waals surface area contributed by atoms with Gasteiger partial charge < -0.3 is 4.90 Å². The van der Waals surface area contributed by atoms with Gasteiger partial charge >= 0.3 is 0 Å². The summed E-state index contributed by atoms with van der Waals surface area (Å²) in [5.41, 5.74) is 2.20. The van der Waals surface area contributed by atoms with Crippen LogP contribution in [0.3, 0.4) is 0 Å². The Balaban J connectivity index is 2.56. The molecule has 0 saturated carbocycles. The van der Waals surface area contributed by atoms with E-state index in [2.05, 4.69) is 25.7 Å². The molecule has 0 aromatic heterocycles. The third-order valence-electron chi connectivity index (χ3n) is 2.93. The van der Waals surface area contributed by atoms with Crippen molar-refractivity contribution < 1.29 is 4.79 Å². The van der Waals surface area contributed by atoms with E-state index in [0.717, 1.165) is 43.7 Å². The Morgan fingerprint density at radius 3 is 2.79 bits per heavy atom. The third-order valence-corrected chi connectivity index (χ3v) is 2.93. The molecular formula is C12H21NO. The molecule has 0 unspecified atom stereocenters. The van der Waals surface area contributed by atoms with Crippen molar-refractivity contribution >= 4 is 6.29 Å². The van der Waals surface area contributed by atoms with Gasteiger partial charge in [-0.15, -0.1) is 0 Å². The molecule has 0 aliphatic carbocycles. The van der Waals surface area contributed by atoms with Crippen LogP contribution in [0.1, 0.15) is 40.0 Å². The van der Waals surface area contributed by atoms with Gasteiger partial charge in [0.1, 0.15) is 6.29 Å². The van der Waals surface area contributed by atoms with Gasteiger partial charge in [0.05, 0.1) is 0 Å². The van der Waals surface area contributed by atoms with E-state index in [4.69, 9.17) is 0 Å². The van der Waals surface area contributed by atoms with Crippen LogP contribution in [0.5, 0.6) is 0 Å². The Labute approximate surface area is 87.0 Å². The number of carbonyl (C=O) groups is 1. The standard InChI is InChI=1S/C12H21NO/c1-10(2)6-8-13-7-4-5-12(9-14)11(13)3/h9-10H,4-8H2,1-3H3. The van der Waals surface area contributed by atoms with Crippen LogP contribution in [0.15, 0.2) is 11.3 Å². The number of aldehydes is 1. The van der Waals surface area contributed by atoms with Crippen LogP contribution in [-0.2, 0) is 4.79 Å². The smallest absolute Gasteiger partial charge is 0.147 e. The SMILES string of the molecule is CC1=C(C=O)CCCN1CCC(C)C. The van der Waals surface area contributed by atoms with Gasteiger partial charge in [-0.05, 0) is 32.1 Å². The monoisotopic (exact) mass is 195 g/mol. The minimum Gasteiger partial charge on any atom is -0.375 e. The molecule has 0 atom stereocenters. The van der Waals surface area contributed by atoms with Gasteiger partial charge in [0.15, 0.2) is 0 Å². The fourth-order valence-electron chi connectivity index (χ4n) is 1.85. The van der Waals surface area contributed by atoms with Crippen LogP contribution in [0.2, 0.25) is 0 Å². The normalized spacial score (nSPS) is 17.9. The van der Waals surface area contributed by atoms with Crippen molar-refractivity contribution in [3.05, 3.63) is 11.3 Å². The zero-order valence-electron chi connectivity index (χ0n) is 9.55. The van der Waals surface area contributed by atoms with Crippen LogP contribution in [0.4, 0.5) is 0 Å². The molecule has 0 spiro atoms. The van der Waals surface area contributed by atoms with Gasteiger partial charge in [0, 0.05) is 24.4 Å². The molecule has 14 heavy (non-hydrogen) atoms. The van der Waals surface area contributed by atoms with Crippen LogP contribution in [-0.4, -0.2) is 24.3 Å². The number of rotatable bonds is 4. The second-order valence-electron chi connectivity index (χ2n) is 4.50. The molecule has 0 radical (unpaired) electrons. The van der Waals surface area contributed by atoms with Gasteiger partial charge in [-0.2, -0.15) is 0 Å². The van der Waals surface area contributed by atoms with E-state index < -0.39 is 0 Å². The van der Waals surface area contributed by atoms with Crippen molar-refractivity contribution in [3.8, 4) is 0 Å². The van der Waals surface area contributed by atoms with E-state index in [-0.39, 0.29) is 0 Å². The number of allylic oxidation sites excluding steroid dienone is 2. The van der Waals surface area contributed by atoms with Gasteiger partial charge in [0.25, 0.3) is 0 Å². The first-order valence-electron chi connectivity index (χ1n) is 5.55. The first kappa shape index (κ1) is 11.3. The summed E-state index contributed by atoms with van der Waals surface area (Å²) in [6.07, 6.45) is 4.33. The maximum Gasteiger partial charge on any atom is 0.147 e. The predicted molar refractivity (Wildman–Crippen MR) is 59.0 cm³/mol. The number of hydrogen-bond acceptors (Lipinski definition) is 2. The van der Waals surface area contributed by atoms with E-state index in [1.807, 2.05) is 0 Å². The highest BCUT2D eigenvalue weighted by Gasteiger charge is 2.15. The molecular weight excluding hydrogens is 174 g/mol. The third kappa shape index (κ3) is 2.86. The fraction of sp³-hybridized carbons (Fsp3) is 0.750. The lowest BCUT2D eigenvalue weighted by Gasteiger charge is -2.31. The van der Waals surface area contributed by atoms with E-state index in [1.165, 1.54) is 12.1 Å². The lowest BCUT2D eigenvalue weighted by Crippen LogP contribution is -2.29. The maximum absolute atomic E-state index is 10.8. The average molecular weight is 195 g/mol. The molecule has 0 amide bonds. The minimum atomic E-state index is 0.740.